The third-order valence-corrected chi connectivity index (χ3v) is 6.55. The van der Waals surface area contributed by atoms with Gasteiger partial charge in [0, 0.05) is 17.6 Å². The number of nitrogens with one attached hydrogen (secondary N) is 1. The highest BCUT2D eigenvalue weighted by Gasteiger charge is 2.47. The second-order valence-electron chi connectivity index (χ2n) is 8.53. The molecule has 3 aliphatic rings. The standard InChI is InChI=1S/C25H25FN2O3/c1-31-24(29)23-20(14-18-10-12-22(23)28(18)25(30)27-17-8-9-17)16-7-11-19(21(26)13-16)15-5-3-2-4-6-15/h2-7,11,13,17-18,22H,8-10,12,14H2,1H3,(H,27,30)/t18-,22+/m0/s1. The molecule has 0 radical (unpaired) electrons. The van der Waals surface area contributed by atoms with E-state index in [4.69, 9.17) is 4.74 Å². The fourth-order valence-electron chi connectivity index (χ4n) is 4.89. The average Bonchev–Trinajstić information content (AvgIpc) is 3.55. The van der Waals surface area contributed by atoms with Gasteiger partial charge in [-0.2, -0.15) is 0 Å². The number of urea groups is 1. The molecule has 0 aromatic heterocycles. The Morgan fingerprint density at radius 1 is 1.03 bits per heavy atom. The first-order valence-corrected chi connectivity index (χ1v) is 10.8. The number of amides is 2. The number of ether oxygens (including phenoxy) is 1. The number of benzene rings is 2. The largest absolute Gasteiger partial charge is 0.466 e. The molecule has 1 saturated carbocycles. The predicted molar refractivity (Wildman–Crippen MR) is 116 cm³/mol. The molecule has 0 unspecified atom stereocenters. The van der Waals surface area contributed by atoms with Crippen LogP contribution in [0.5, 0.6) is 0 Å². The summed E-state index contributed by atoms with van der Waals surface area (Å²) in [5.74, 6) is -0.779. The number of nitrogens with zero attached hydrogens (tertiary/aromatic N) is 1. The summed E-state index contributed by atoms with van der Waals surface area (Å²) >= 11 is 0. The van der Waals surface area contributed by atoms with Crippen molar-refractivity contribution in [1.29, 1.82) is 0 Å². The van der Waals surface area contributed by atoms with Gasteiger partial charge in [-0.1, -0.05) is 42.5 Å². The maximum absolute atomic E-state index is 15.1. The topological polar surface area (TPSA) is 58.6 Å². The molecular formula is C25H25FN2O3. The smallest absolute Gasteiger partial charge is 0.336 e. The van der Waals surface area contributed by atoms with Gasteiger partial charge in [0.05, 0.1) is 18.7 Å². The van der Waals surface area contributed by atoms with Crippen LogP contribution in [0.25, 0.3) is 16.7 Å². The Labute approximate surface area is 180 Å². The Balaban J connectivity index is 1.53. The van der Waals surface area contributed by atoms with Gasteiger partial charge in [0.15, 0.2) is 0 Å². The van der Waals surface area contributed by atoms with E-state index in [1.54, 1.807) is 6.07 Å². The SMILES string of the molecule is COC(=O)C1=C(c2ccc(-c3ccccc3)c(F)c2)C[C@@H]2CC[C@H]1N2C(=O)NC1CC1. The summed E-state index contributed by atoms with van der Waals surface area (Å²) in [6.45, 7) is 0. The fourth-order valence-corrected chi connectivity index (χ4v) is 4.89. The van der Waals surface area contributed by atoms with Crippen LogP contribution in [0.3, 0.4) is 0 Å². The normalized spacial score (nSPS) is 22.5. The van der Waals surface area contributed by atoms with Gasteiger partial charge in [-0.25, -0.2) is 14.0 Å². The number of fused-ring (bicyclic) bond motifs is 2. The number of carbonyl (C=O) groups is 2. The fraction of sp³-hybridized carbons (Fsp3) is 0.360. The summed E-state index contributed by atoms with van der Waals surface area (Å²) in [5.41, 5.74) is 3.27. The summed E-state index contributed by atoms with van der Waals surface area (Å²) in [7, 11) is 1.35. The Morgan fingerprint density at radius 2 is 1.81 bits per heavy atom. The van der Waals surface area contributed by atoms with Gasteiger partial charge >= 0.3 is 12.0 Å². The molecule has 0 spiro atoms. The van der Waals surface area contributed by atoms with E-state index >= 15 is 4.39 Å². The molecule has 5 rings (SSSR count). The molecule has 1 N–H and O–H groups in total. The number of hydrogen-bond donors (Lipinski definition) is 1. The lowest BCUT2D eigenvalue weighted by Gasteiger charge is -2.37. The van der Waals surface area contributed by atoms with Crippen molar-refractivity contribution < 1.29 is 18.7 Å². The molecule has 160 valence electrons. The number of halogens is 1. The molecule has 1 aliphatic carbocycles. The average molecular weight is 420 g/mol. The molecule has 2 aromatic carbocycles. The first-order valence-electron chi connectivity index (χ1n) is 10.8. The minimum atomic E-state index is -0.447. The van der Waals surface area contributed by atoms with Crippen LogP contribution in [0.1, 0.15) is 37.7 Å². The van der Waals surface area contributed by atoms with Crippen molar-refractivity contribution in [3.8, 4) is 11.1 Å². The molecule has 2 aromatic rings. The van der Waals surface area contributed by atoms with Crippen molar-refractivity contribution in [3.05, 3.63) is 65.5 Å². The third kappa shape index (κ3) is 3.60. The third-order valence-electron chi connectivity index (χ3n) is 6.55. The molecule has 31 heavy (non-hydrogen) atoms. The number of hydrogen-bond acceptors (Lipinski definition) is 3. The molecule has 2 fully saturated rings. The number of rotatable bonds is 4. The van der Waals surface area contributed by atoms with Crippen molar-refractivity contribution in [2.24, 2.45) is 0 Å². The zero-order valence-corrected chi connectivity index (χ0v) is 17.4. The van der Waals surface area contributed by atoms with E-state index in [-0.39, 0.29) is 30.0 Å². The van der Waals surface area contributed by atoms with E-state index in [1.807, 2.05) is 41.3 Å². The van der Waals surface area contributed by atoms with Crippen LogP contribution in [0, 0.1) is 5.82 Å². The summed E-state index contributed by atoms with van der Waals surface area (Å²) in [6.07, 6.45) is 4.06. The quantitative estimate of drug-likeness (QED) is 0.740. The minimum Gasteiger partial charge on any atom is -0.466 e. The van der Waals surface area contributed by atoms with Crippen LogP contribution < -0.4 is 5.32 Å². The van der Waals surface area contributed by atoms with Crippen LogP contribution in [0.15, 0.2) is 54.1 Å². The first-order chi connectivity index (χ1) is 15.1. The molecule has 5 nitrogen and oxygen atoms in total. The second-order valence-corrected chi connectivity index (χ2v) is 8.53. The number of esters is 1. The van der Waals surface area contributed by atoms with Gasteiger partial charge in [0.2, 0.25) is 0 Å². The molecule has 2 bridgehead atoms. The van der Waals surface area contributed by atoms with Gasteiger partial charge in [0.25, 0.3) is 0 Å². The predicted octanol–water partition coefficient (Wildman–Crippen LogP) is 4.53. The van der Waals surface area contributed by atoms with Crippen LogP contribution in [0.2, 0.25) is 0 Å². The van der Waals surface area contributed by atoms with Crippen molar-refractivity contribution in [3.63, 3.8) is 0 Å². The van der Waals surface area contributed by atoms with Crippen molar-refractivity contribution in [1.82, 2.24) is 10.2 Å². The molecule has 2 amide bonds. The van der Waals surface area contributed by atoms with E-state index in [2.05, 4.69) is 5.32 Å². The van der Waals surface area contributed by atoms with E-state index < -0.39 is 5.97 Å². The van der Waals surface area contributed by atoms with E-state index in [1.165, 1.54) is 13.2 Å². The summed E-state index contributed by atoms with van der Waals surface area (Å²) in [6, 6.07) is 14.3. The van der Waals surface area contributed by atoms with Gasteiger partial charge in [-0.3, -0.25) is 0 Å². The second kappa shape index (κ2) is 7.84. The Bertz CT molecular complexity index is 1060. The van der Waals surface area contributed by atoms with Gasteiger partial charge < -0.3 is 15.0 Å². The minimum absolute atomic E-state index is 0.00372. The zero-order chi connectivity index (χ0) is 21.5. The lowest BCUT2D eigenvalue weighted by Crippen LogP contribution is -2.51. The Kier molecular flexibility index (Phi) is 5.00. The maximum atomic E-state index is 15.1. The van der Waals surface area contributed by atoms with Gasteiger partial charge in [0.1, 0.15) is 5.82 Å². The van der Waals surface area contributed by atoms with Gasteiger partial charge in [-0.05, 0) is 54.9 Å². The summed E-state index contributed by atoms with van der Waals surface area (Å²) in [5, 5.41) is 3.04. The maximum Gasteiger partial charge on any atom is 0.336 e. The zero-order valence-electron chi connectivity index (χ0n) is 17.4. The van der Waals surface area contributed by atoms with Crippen LogP contribution >= 0.6 is 0 Å². The highest BCUT2D eigenvalue weighted by molar-refractivity contribution is 6.01. The van der Waals surface area contributed by atoms with E-state index in [0.717, 1.165) is 30.4 Å². The van der Waals surface area contributed by atoms with Gasteiger partial charge in [-0.15, -0.1) is 0 Å². The lowest BCUT2D eigenvalue weighted by atomic mass is 9.87. The lowest BCUT2D eigenvalue weighted by molar-refractivity contribution is -0.136. The summed E-state index contributed by atoms with van der Waals surface area (Å²) < 4.78 is 20.1. The molecule has 6 heteroatoms. The molecular weight excluding hydrogens is 395 g/mol. The summed E-state index contributed by atoms with van der Waals surface area (Å²) in [4.78, 5) is 27.4. The highest BCUT2D eigenvalue weighted by atomic mass is 19.1. The molecule has 2 heterocycles. The Hall–Kier alpha value is -3.15. The molecule has 2 atom stereocenters. The number of methoxy groups -OCH3 is 1. The number of carbonyl (C=O) groups excluding carboxylic acids is 2. The van der Waals surface area contributed by atoms with E-state index in [0.29, 0.717) is 29.5 Å². The van der Waals surface area contributed by atoms with E-state index in [9.17, 15) is 9.59 Å². The molecule has 1 saturated heterocycles. The van der Waals surface area contributed by atoms with Crippen molar-refractivity contribution >= 4 is 17.6 Å². The van der Waals surface area contributed by atoms with Crippen molar-refractivity contribution in [2.45, 2.75) is 50.2 Å². The highest BCUT2D eigenvalue weighted by Crippen LogP contribution is 2.44. The monoisotopic (exact) mass is 420 g/mol. The Morgan fingerprint density at radius 3 is 2.48 bits per heavy atom. The molecule has 2 aliphatic heterocycles. The first kappa shape index (κ1) is 19.8. The van der Waals surface area contributed by atoms with Crippen LogP contribution in [-0.2, 0) is 9.53 Å². The van der Waals surface area contributed by atoms with Crippen LogP contribution in [-0.4, -0.2) is 42.1 Å². The van der Waals surface area contributed by atoms with Crippen molar-refractivity contribution in [2.75, 3.05) is 7.11 Å². The van der Waals surface area contributed by atoms with Crippen LogP contribution in [0.4, 0.5) is 9.18 Å².